The number of ketones is 1. The van der Waals surface area contributed by atoms with Crippen molar-refractivity contribution in [3.63, 3.8) is 0 Å². The maximum atomic E-state index is 12.7. The zero-order valence-corrected chi connectivity index (χ0v) is 20.6. The molecule has 10 heteroatoms. The van der Waals surface area contributed by atoms with Crippen molar-refractivity contribution in [3.8, 4) is 11.5 Å². The minimum atomic E-state index is -0.708. The number of H-pyrrole nitrogens is 1. The Morgan fingerprint density at radius 2 is 1.77 bits per heavy atom. The molecule has 0 saturated heterocycles. The number of aromatic amines is 1. The van der Waals surface area contributed by atoms with Gasteiger partial charge < -0.3 is 28.5 Å². The molecule has 0 aliphatic rings. The Morgan fingerprint density at radius 1 is 1.03 bits per heavy atom. The van der Waals surface area contributed by atoms with Gasteiger partial charge in [0.1, 0.15) is 12.4 Å². The lowest BCUT2D eigenvalue weighted by Crippen LogP contribution is -2.16. The van der Waals surface area contributed by atoms with Crippen LogP contribution in [0.15, 0.2) is 22.7 Å². The highest BCUT2D eigenvalue weighted by Crippen LogP contribution is 2.30. The van der Waals surface area contributed by atoms with E-state index in [0.29, 0.717) is 34.1 Å². The van der Waals surface area contributed by atoms with E-state index in [4.69, 9.17) is 23.5 Å². The molecule has 186 valence electrons. The second-order valence-corrected chi connectivity index (χ2v) is 7.80. The normalized spacial score (nSPS) is 10.7. The first-order valence-corrected chi connectivity index (χ1v) is 11.0. The van der Waals surface area contributed by atoms with Crippen LogP contribution in [-0.4, -0.2) is 48.2 Å². The molecule has 3 aromatic rings. The SMILES string of the molecule is CCOC(=O)c1c(C)[nH]c(C(=O)COC(=O)c2ccc(OCc3c(C)noc3C)c(OC)c2)c1C. The van der Waals surface area contributed by atoms with Crippen LogP contribution in [0.4, 0.5) is 0 Å². The number of aromatic nitrogens is 2. The van der Waals surface area contributed by atoms with Crippen molar-refractivity contribution < 1.29 is 37.9 Å². The molecule has 35 heavy (non-hydrogen) atoms. The lowest BCUT2D eigenvalue weighted by molar-refractivity contribution is 0.0472. The van der Waals surface area contributed by atoms with E-state index in [1.54, 1.807) is 33.8 Å². The average Bonchev–Trinajstić information content (AvgIpc) is 3.32. The first-order valence-electron chi connectivity index (χ1n) is 11.0. The van der Waals surface area contributed by atoms with Gasteiger partial charge in [-0.3, -0.25) is 4.79 Å². The molecular weight excluding hydrogens is 456 g/mol. The Labute approximate surface area is 202 Å². The van der Waals surface area contributed by atoms with E-state index in [1.807, 2.05) is 6.92 Å². The fraction of sp³-hybridized carbons (Fsp3) is 0.360. The summed E-state index contributed by atoms with van der Waals surface area (Å²) in [5, 5.41) is 3.89. The van der Waals surface area contributed by atoms with Gasteiger partial charge in [-0.2, -0.15) is 0 Å². The lowest BCUT2D eigenvalue weighted by Gasteiger charge is -2.12. The first kappa shape index (κ1) is 25.5. The number of rotatable bonds is 10. The van der Waals surface area contributed by atoms with Crippen LogP contribution in [0.1, 0.15) is 66.4 Å². The van der Waals surface area contributed by atoms with Gasteiger partial charge in [0.25, 0.3) is 0 Å². The number of hydrogen-bond donors (Lipinski definition) is 1. The number of hydrogen-bond acceptors (Lipinski definition) is 9. The number of methoxy groups -OCH3 is 1. The number of Topliss-reactive ketones (excluding diaryl/α,β-unsaturated/α-hetero) is 1. The van der Waals surface area contributed by atoms with Crippen molar-refractivity contribution >= 4 is 17.7 Å². The number of aryl methyl sites for hydroxylation is 3. The van der Waals surface area contributed by atoms with E-state index in [0.717, 1.165) is 11.3 Å². The quantitative estimate of drug-likeness (QED) is 0.335. The van der Waals surface area contributed by atoms with Gasteiger partial charge >= 0.3 is 11.9 Å². The third-order valence-corrected chi connectivity index (χ3v) is 5.48. The van der Waals surface area contributed by atoms with Crippen molar-refractivity contribution in [1.29, 1.82) is 0 Å². The highest BCUT2D eigenvalue weighted by molar-refractivity contribution is 6.03. The number of nitrogens with one attached hydrogen (secondary N) is 1. The average molecular weight is 485 g/mol. The molecular formula is C25H28N2O8. The molecule has 0 amide bonds. The molecule has 10 nitrogen and oxygen atoms in total. The van der Waals surface area contributed by atoms with E-state index < -0.39 is 24.3 Å². The number of carbonyl (C=O) groups excluding carboxylic acids is 3. The highest BCUT2D eigenvalue weighted by Gasteiger charge is 2.24. The topological polar surface area (TPSA) is 130 Å². The standard InChI is InChI=1S/C25H28N2O8/c1-7-32-25(30)22-13(2)23(26-15(22)4)19(28)12-34-24(29)17-8-9-20(21(10-17)31-6)33-11-18-14(3)27-35-16(18)5/h8-10,26H,7,11-12H2,1-6H3. The van der Waals surface area contributed by atoms with Gasteiger partial charge in [0.05, 0.1) is 41.8 Å². The summed E-state index contributed by atoms with van der Waals surface area (Å²) in [6.07, 6.45) is 0. The Kier molecular flexibility index (Phi) is 7.95. The zero-order chi connectivity index (χ0) is 25.7. The lowest BCUT2D eigenvalue weighted by atomic mass is 10.1. The summed E-state index contributed by atoms with van der Waals surface area (Å²) in [5.74, 6) is -0.287. The maximum absolute atomic E-state index is 12.7. The fourth-order valence-electron chi connectivity index (χ4n) is 3.60. The largest absolute Gasteiger partial charge is 0.493 e. The van der Waals surface area contributed by atoms with Crippen LogP contribution in [0.5, 0.6) is 11.5 Å². The molecule has 2 aromatic heterocycles. The van der Waals surface area contributed by atoms with Gasteiger partial charge in [-0.15, -0.1) is 0 Å². The molecule has 0 radical (unpaired) electrons. The second kappa shape index (κ2) is 10.9. The predicted octanol–water partition coefficient (Wildman–Crippen LogP) is 4.04. The van der Waals surface area contributed by atoms with E-state index in [2.05, 4.69) is 10.1 Å². The molecule has 0 spiro atoms. The monoisotopic (exact) mass is 484 g/mol. The fourth-order valence-corrected chi connectivity index (χ4v) is 3.60. The number of carbonyl (C=O) groups is 3. The molecule has 1 N–H and O–H groups in total. The van der Waals surface area contributed by atoms with Gasteiger partial charge in [0, 0.05) is 5.69 Å². The van der Waals surface area contributed by atoms with Gasteiger partial charge in [-0.05, 0) is 58.4 Å². The number of nitrogens with zero attached hydrogens (tertiary/aromatic N) is 1. The number of esters is 2. The summed E-state index contributed by atoms with van der Waals surface area (Å²) >= 11 is 0. The van der Waals surface area contributed by atoms with Crippen LogP contribution in [0, 0.1) is 27.7 Å². The summed E-state index contributed by atoms with van der Waals surface area (Å²) in [7, 11) is 1.45. The smallest absolute Gasteiger partial charge is 0.340 e. The Morgan fingerprint density at radius 3 is 2.40 bits per heavy atom. The van der Waals surface area contributed by atoms with Crippen molar-refractivity contribution in [2.24, 2.45) is 0 Å². The molecule has 0 fully saturated rings. The van der Waals surface area contributed by atoms with Crippen molar-refractivity contribution in [2.45, 2.75) is 41.2 Å². The van der Waals surface area contributed by atoms with Crippen LogP contribution < -0.4 is 9.47 Å². The van der Waals surface area contributed by atoms with Crippen molar-refractivity contribution in [3.05, 3.63) is 63.3 Å². The first-order chi connectivity index (χ1) is 16.7. The van der Waals surface area contributed by atoms with Crippen LogP contribution in [0.25, 0.3) is 0 Å². The van der Waals surface area contributed by atoms with Crippen LogP contribution in [0.3, 0.4) is 0 Å². The molecule has 3 rings (SSSR count). The molecule has 2 heterocycles. The van der Waals surface area contributed by atoms with E-state index in [1.165, 1.54) is 19.2 Å². The maximum Gasteiger partial charge on any atom is 0.340 e. The Bertz CT molecular complexity index is 1240. The van der Waals surface area contributed by atoms with Crippen LogP contribution >= 0.6 is 0 Å². The Hall–Kier alpha value is -4.08. The molecule has 0 unspecified atom stereocenters. The summed E-state index contributed by atoms with van der Waals surface area (Å²) in [6.45, 7) is 8.56. The van der Waals surface area contributed by atoms with Gasteiger partial charge in [0.2, 0.25) is 5.78 Å². The number of ether oxygens (including phenoxy) is 4. The molecule has 0 bridgehead atoms. The van der Waals surface area contributed by atoms with Gasteiger partial charge in [0.15, 0.2) is 18.1 Å². The summed E-state index contributed by atoms with van der Waals surface area (Å²) in [6, 6.07) is 4.57. The molecule has 1 aromatic carbocycles. The minimum absolute atomic E-state index is 0.186. The van der Waals surface area contributed by atoms with Crippen LogP contribution in [-0.2, 0) is 16.1 Å². The minimum Gasteiger partial charge on any atom is -0.493 e. The summed E-state index contributed by atoms with van der Waals surface area (Å²) in [5.41, 5.74) is 3.20. The summed E-state index contributed by atoms with van der Waals surface area (Å²) < 4.78 is 26.5. The third kappa shape index (κ3) is 5.53. The molecule has 0 aliphatic carbocycles. The van der Waals surface area contributed by atoms with Gasteiger partial charge in [-0.1, -0.05) is 5.16 Å². The predicted molar refractivity (Wildman–Crippen MR) is 124 cm³/mol. The van der Waals surface area contributed by atoms with E-state index in [9.17, 15) is 14.4 Å². The van der Waals surface area contributed by atoms with Crippen LogP contribution in [0.2, 0.25) is 0 Å². The van der Waals surface area contributed by atoms with Gasteiger partial charge in [-0.25, -0.2) is 9.59 Å². The highest BCUT2D eigenvalue weighted by atomic mass is 16.5. The Balaban J connectivity index is 1.66. The van der Waals surface area contributed by atoms with Crippen molar-refractivity contribution in [2.75, 3.05) is 20.3 Å². The molecule has 0 saturated carbocycles. The van der Waals surface area contributed by atoms with E-state index in [-0.39, 0.29) is 24.5 Å². The van der Waals surface area contributed by atoms with Crippen molar-refractivity contribution in [1.82, 2.24) is 10.1 Å². The second-order valence-electron chi connectivity index (χ2n) is 7.80. The number of benzene rings is 1. The summed E-state index contributed by atoms with van der Waals surface area (Å²) in [4.78, 5) is 40.3. The molecule has 0 atom stereocenters. The van der Waals surface area contributed by atoms with E-state index >= 15 is 0 Å². The third-order valence-electron chi connectivity index (χ3n) is 5.48. The zero-order valence-electron chi connectivity index (χ0n) is 20.6. The molecule has 0 aliphatic heterocycles.